The molecule has 2 rings (SSSR count). The molecular formula is C24H36FN3O4. The van der Waals surface area contributed by atoms with E-state index in [2.05, 4.69) is 29.8 Å². The first kappa shape index (κ1) is 26.5. The number of carbonyl (C=O) groups excluding carboxylic acids is 4. The molecule has 0 aromatic heterocycles. The van der Waals surface area contributed by atoms with E-state index in [9.17, 15) is 23.6 Å². The Labute approximate surface area is 192 Å². The molecule has 8 heteroatoms. The second-order valence-electron chi connectivity index (χ2n) is 7.08. The zero-order valence-corrected chi connectivity index (χ0v) is 18.6. The molecule has 0 aliphatic carbocycles. The van der Waals surface area contributed by atoms with Gasteiger partial charge in [0, 0.05) is 16.3 Å². The summed E-state index contributed by atoms with van der Waals surface area (Å²) in [7, 11) is 0. The molecule has 0 bridgehead atoms. The zero-order valence-electron chi connectivity index (χ0n) is 18.6. The molecule has 0 unspecified atom stereocenters. The van der Waals surface area contributed by atoms with Gasteiger partial charge in [-0.15, -0.1) is 0 Å². The van der Waals surface area contributed by atoms with Crippen LogP contribution in [0.5, 0.6) is 0 Å². The van der Waals surface area contributed by atoms with Gasteiger partial charge in [0.05, 0.1) is 6.54 Å². The van der Waals surface area contributed by atoms with Crippen LogP contribution in [0.25, 0.3) is 0 Å². The fourth-order valence-corrected chi connectivity index (χ4v) is 2.61. The Kier molecular flexibility index (Phi) is 12.0. The maximum atomic E-state index is 13.5. The summed E-state index contributed by atoms with van der Waals surface area (Å²) < 4.78 is 13.5. The van der Waals surface area contributed by atoms with Crippen LogP contribution in [-0.2, 0) is 20.8 Å². The molecule has 0 fully saturated rings. The molecule has 2 atom stereocenters. The molecule has 0 heterocycles. The highest BCUT2D eigenvalue weighted by Gasteiger charge is 2.25. The highest BCUT2D eigenvalue weighted by molar-refractivity contribution is 5.98. The summed E-state index contributed by atoms with van der Waals surface area (Å²) in [6.07, 6.45) is 1.81. The number of hydrogen-bond acceptors (Lipinski definition) is 4. The van der Waals surface area contributed by atoms with Crippen molar-refractivity contribution in [1.82, 2.24) is 16.0 Å². The van der Waals surface area contributed by atoms with Gasteiger partial charge in [-0.25, -0.2) is 4.39 Å². The molecule has 0 aliphatic rings. The quantitative estimate of drug-likeness (QED) is 0.512. The molecule has 0 radical (unpaired) electrons. The standard InChI is InChI=1S/C21H22FN3O4.C3H8.3H2/c1-14(19(27)23-10-11-26)24-21(29)18(13-15-6-5-9-17(22)12-15)25-20(28)16-7-3-2-4-8-16;1-3-2;;;/h2-9,11-12,14,18H,10,13H2,1H3,(H,23,27)(H,24,29)(H,25,28);3H2,1-2H3;3*1H/t14-,18+;;;;/m0..../s1. The van der Waals surface area contributed by atoms with Crippen molar-refractivity contribution in [2.45, 2.75) is 45.7 Å². The van der Waals surface area contributed by atoms with E-state index >= 15 is 0 Å². The van der Waals surface area contributed by atoms with Gasteiger partial charge < -0.3 is 20.7 Å². The maximum Gasteiger partial charge on any atom is 0.251 e. The van der Waals surface area contributed by atoms with Gasteiger partial charge in [-0.2, -0.15) is 0 Å². The van der Waals surface area contributed by atoms with E-state index < -0.39 is 35.6 Å². The molecule has 0 aliphatic heterocycles. The topological polar surface area (TPSA) is 104 Å². The van der Waals surface area contributed by atoms with Gasteiger partial charge in [0.1, 0.15) is 24.2 Å². The Balaban J connectivity index is -0.00000162. The summed E-state index contributed by atoms with van der Waals surface area (Å²) in [6, 6.07) is 12.1. The molecule has 2 aromatic carbocycles. The SMILES string of the molecule is CCC.C[C@H](NC(=O)[C@@H](Cc1cccc(F)c1)NC(=O)c1ccccc1)C(=O)NCC=O.[HH].[HH].[HH]. The van der Waals surface area contributed by atoms with Crippen LogP contribution in [0.4, 0.5) is 4.39 Å². The summed E-state index contributed by atoms with van der Waals surface area (Å²) >= 11 is 0. The molecule has 0 saturated carbocycles. The lowest BCUT2D eigenvalue weighted by molar-refractivity contribution is -0.129. The van der Waals surface area contributed by atoms with Gasteiger partial charge in [-0.3, -0.25) is 14.4 Å². The summed E-state index contributed by atoms with van der Waals surface area (Å²) in [5, 5.41) is 7.47. The number of amides is 3. The summed E-state index contributed by atoms with van der Waals surface area (Å²) in [5.74, 6) is -2.07. The van der Waals surface area contributed by atoms with E-state index in [4.69, 9.17) is 0 Å². The average molecular weight is 450 g/mol. The number of carbonyl (C=O) groups is 4. The molecule has 2 aromatic rings. The smallest absolute Gasteiger partial charge is 0.251 e. The highest BCUT2D eigenvalue weighted by atomic mass is 19.1. The van der Waals surface area contributed by atoms with Crippen LogP contribution in [-0.4, -0.2) is 42.6 Å². The fourth-order valence-electron chi connectivity index (χ4n) is 2.61. The van der Waals surface area contributed by atoms with Crippen molar-refractivity contribution in [3.8, 4) is 0 Å². The minimum absolute atomic E-state index is 0. The Morgan fingerprint density at radius 3 is 2.25 bits per heavy atom. The molecule has 3 N–H and O–H groups in total. The third-order valence-corrected chi connectivity index (χ3v) is 4.10. The lowest BCUT2D eigenvalue weighted by Crippen LogP contribution is -2.53. The monoisotopic (exact) mass is 449 g/mol. The highest BCUT2D eigenvalue weighted by Crippen LogP contribution is 2.08. The number of rotatable bonds is 9. The van der Waals surface area contributed by atoms with Crippen molar-refractivity contribution in [2.75, 3.05) is 6.54 Å². The molecule has 178 valence electrons. The maximum absolute atomic E-state index is 13.5. The number of benzene rings is 2. The molecule has 0 saturated heterocycles. The van der Waals surface area contributed by atoms with Crippen molar-refractivity contribution >= 4 is 24.0 Å². The Morgan fingerprint density at radius 2 is 1.66 bits per heavy atom. The van der Waals surface area contributed by atoms with E-state index in [1.165, 1.54) is 31.5 Å². The first-order valence-corrected chi connectivity index (χ1v) is 10.4. The van der Waals surface area contributed by atoms with Crippen LogP contribution in [0.1, 0.15) is 47.4 Å². The third-order valence-electron chi connectivity index (χ3n) is 4.10. The Morgan fingerprint density at radius 1 is 1.00 bits per heavy atom. The molecule has 32 heavy (non-hydrogen) atoms. The van der Waals surface area contributed by atoms with E-state index in [0.29, 0.717) is 17.4 Å². The van der Waals surface area contributed by atoms with Crippen molar-refractivity contribution in [1.29, 1.82) is 0 Å². The fraction of sp³-hybridized carbons (Fsp3) is 0.333. The Bertz CT molecular complexity index is 905. The number of hydrogen-bond donors (Lipinski definition) is 3. The predicted molar refractivity (Wildman–Crippen MR) is 127 cm³/mol. The predicted octanol–water partition coefficient (Wildman–Crippen LogP) is 3.14. The summed E-state index contributed by atoms with van der Waals surface area (Å²) in [4.78, 5) is 47.5. The number of aldehydes is 1. The Hall–Kier alpha value is -3.55. The average Bonchev–Trinajstić information content (AvgIpc) is 2.78. The largest absolute Gasteiger partial charge is 0.348 e. The van der Waals surface area contributed by atoms with Crippen molar-refractivity contribution < 1.29 is 27.8 Å². The summed E-state index contributed by atoms with van der Waals surface area (Å²) in [5.41, 5.74) is 0.873. The lowest BCUT2D eigenvalue weighted by atomic mass is 10.0. The van der Waals surface area contributed by atoms with E-state index in [1.807, 2.05) is 0 Å². The van der Waals surface area contributed by atoms with Gasteiger partial charge in [-0.05, 0) is 36.8 Å². The molecular weight excluding hydrogens is 413 g/mol. The first-order chi connectivity index (χ1) is 15.3. The van der Waals surface area contributed by atoms with Crippen LogP contribution in [0.2, 0.25) is 0 Å². The number of nitrogens with one attached hydrogen (secondary N) is 3. The lowest BCUT2D eigenvalue weighted by Gasteiger charge is -2.21. The van der Waals surface area contributed by atoms with Crippen LogP contribution in [0.15, 0.2) is 54.6 Å². The van der Waals surface area contributed by atoms with E-state index in [1.54, 1.807) is 36.4 Å². The van der Waals surface area contributed by atoms with Crippen molar-refractivity contribution in [2.24, 2.45) is 0 Å². The summed E-state index contributed by atoms with van der Waals surface area (Å²) in [6.45, 7) is 5.53. The van der Waals surface area contributed by atoms with Gasteiger partial charge in [0.25, 0.3) is 5.91 Å². The van der Waals surface area contributed by atoms with E-state index in [-0.39, 0.29) is 17.2 Å². The van der Waals surface area contributed by atoms with Crippen LogP contribution < -0.4 is 16.0 Å². The molecule has 7 nitrogen and oxygen atoms in total. The molecule has 0 spiro atoms. The first-order valence-electron chi connectivity index (χ1n) is 10.4. The second-order valence-corrected chi connectivity index (χ2v) is 7.08. The number of halogens is 1. The van der Waals surface area contributed by atoms with Crippen LogP contribution >= 0.6 is 0 Å². The van der Waals surface area contributed by atoms with Crippen molar-refractivity contribution in [3.63, 3.8) is 0 Å². The van der Waals surface area contributed by atoms with Gasteiger partial charge in [0.15, 0.2) is 0 Å². The van der Waals surface area contributed by atoms with Gasteiger partial charge >= 0.3 is 0 Å². The molecule has 3 amide bonds. The minimum Gasteiger partial charge on any atom is -0.348 e. The second kappa shape index (κ2) is 14.5. The van der Waals surface area contributed by atoms with Crippen LogP contribution in [0, 0.1) is 5.82 Å². The third kappa shape index (κ3) is 9.51. The zero-order chi connectivity index (χ0) is 23.9. The minimum atomic E-state index is -1.04. The van der Waals surface area contributed by atoms with Gasteiger partial charge in [-0.1, -0.05) is 50.6 Å². The van der Waals surface area contributed by atoms with E-state index in [0.717, 1.165) is 0 Å². The van der Waals surface area contributed by atoms with Crippen LogP contribution in [0.3, 0.4) is 0 Å². The normalized spacial score (nSPS) is 11.8. The van der Waals surface area contributed by atoms with Crippen molar-refractivity contribution in [3.05, 3.63) is 71.5 Å². The van der Waals surface area contributed by atoms with Gasteiger partial charge in [0.2, 0.25) is 11.8 Å².